The van der Waals surface area contributed by atoms with Crippen molar-refractivity contribution in [1.82, 2.24) is 0 Å². The lowest BCUT2D eigenvalue weighted by atomic mass is 10.1. The molecule has 0 heterocycles. The Labute approximate surface area is 86.7 Å². The summed E-state index contributed by atoms with van der Waals surface area (Å²) < 4.78 is 12.9. The van der Waals surface area contributed by atoms with Crippen LogP contribution in [0.15, 0.2) is 18.2 Å². The van der Waals surface area contributed by atoms with Crippen molar-refractivity contribution in [2.24, 2.45) is 0 Å². The third kappa shape index (κ3) is 2.69. The number of halogens is 2. The van der Waals surface area contributed by atoms with Gasteiger partial charge in [0.1, 0.15) is 5.82 Å². The average Bonchev–Trinajstić information content (AvgIpc) is 2.08. The van der Waals surface area contributed by atoms with Crippen LogP contribution in [0.3, 0.4) is 0 Å². The molecule has 0 saturated carbocycles. The Hall–Kier alpha value is -0.570. The lowest BCUT2D eigenvalue weighted by Crippen LogP contribution is -2.11. The Morgan fingerprint density at radius 2 is 2.08 bits per heavy atom. The first kappa shape index (κ1) is 10.5. The van der Waals surface area contributed by atoms with Crippen LogP contribution in [-0.2, 0) is 6.42 Å². The number of hydrogen-bond acceptors (Lipinski definition) is 1. The molecule has 3 heteroatoms. The Bertz CT molecular complexity index is 286. The molecule has 1 rings (SSSR count). The Morgan fingerprint density at radius 1 is 1.38 bits per heavy atom. The van der Waals surface area contributed by atoms with E-state index in [1.807, 2.05) is 25.1 Å². The van der Waals surface area contributed by atoms with Crippen molar-refractivity contribution >= 4 is 21.6 Å². The van der Waals surface area contributed by atoms with Crippen molar-refractivity contribution in [1.29, 1.82) is 0 Å². The molecule has 0 aliphatic carbocycles. The minimum Gasteiger partial charge on any atom is -0.377 e. The van der Waals surface area contributed by atoms with Gasteiger partial charge in [-0.1, -0.05) is 22.0 Å². The van der Waals surface area contributed by atoms with Gasteiger partial charge in [-0.2, -0.15) is 0 Å². The van der Waals surface area contributed by atoms with Crippen molar-refractivity contribution in [3.05, 3.63) is 29.6 Å². The van der Waals surface area contributed by atoms with Crippen LogP contribution in [-0.4, -0.2) is 19.4 Å². The van der Waals surface area contributed by atoms with E-state index in [4.69, 9.17) is 0 Å². The van der Waals surface area contributed by atoms with E-state index in [0.29, 0.717) is 0 Å². The molecule has 13 heavy (non-hydrogen) atoms. The van der Waals surface area contributed by atoms with Crippen LogP contribution in [0.4, 0.5) is 10.1 Å². The van der Waals surface area contributed by atoms with Crippen molar-refractivity contribution in [2.45, 2.75) is 6.42 Å². The van der Waals surface area contributed by atoms with Crippen LogP contribution < -0.4 is 4.90 Å². The molecule has 0 aromatic heterocycles. The van der Waals surface area contributed by atoms with Gasteiger partial charge in [0.25, 0.3) is 0 Å². The third-order valence-electron chi connectivity index (χ3n) is 1.89. The van der Waals surface area contributed by atoms with Crippen LogP contribution in [0.25, 0.3) is 0 Å². The second-order valence-electron chi connectivity index (χ2n) is 3.11. The van der Waals surface area contributed by atoms with Crippen molar-refractivity contribution in [3.8, 4) is 0 Å². The second-order valence-corrected chi connectivity index (χ2v) is 3.90. The first-order valence-corrected chi connectivity index (χ1v) is 5.29. The minimum absolute atomic E-state index is 0.179. The van der Waals surface area contributed by atoms with Gasteiger partial charge in [0.05, 0.1) is 0 Å². The molecular formula is C10H13BrFN. The molecule has 0 amide bonds. The highest BCUT2D eigenvalue weighted by Crippen LogP contribution is 2.20. The summed E-state index contributed by atoms with van der Waals surface area (Å²) in [5.74, 6) is -0.179. The molecule has 1 aromatic carbocycles. The predicted molar refractivity (Wildman–Crippen MR) is 58.2 cm³/mol. The maximum Gasteiger partial charge on any atom is 0.125 e. The summed E-state index contributed by atoms with van der Waals surface area (Å²) in [5.41, 5.74) is 2.13. The molecule has 1 nitrogen and oxygen atoms in total. The van der Waals surface area contributed by atoms with E-state index in [2.05, 4.69) is 15.9 Å². The summed E-state index contributed by atoms with van der Waals surface area (Å²) >= 11 is 3.38. The van der Waals surface area contributed by atoms with Crippen molar-refractivity contribution < 1.29 is 4.39 Å². The molecule has 1 aromatic rings. The summed E-state index contributed by atoms with van der Waals surface area (Å²) in [4.78, 5) is 1.93. The Balaban J connectivity index is 3.03. The van der Waals surface area contributed by atoms with Crippen LogP contribution >= 0.6 is 15.9 Å². The van der Waals surface area contributed by atoms with Crippen LogP contribution in [0.2, 0.25) is 0 Å². The van der Waals surface area contributed by atoms with Crippen LogP contribution in [0.5, 0.6) is 0 Å². The second kappa shape index (κ2) is 4.61. The summed E-state index contributed by atoms with van der Waals surface area (Å²) in [6.07, 6.45) is 0.924. The molecule has 0 atom stereocenters. The zero-order valence-electron chi connectivity index (χ0n) is 7.85. The molecule has 0 saturated heterocycles. The zero-order chi connectivity index (χ0) is 9.84. The minimum atomic E-state index is -0.179. The van der Waals surface area contributed by atoms with E-state index < -0.39 is 0 Å². The van der Waals surface area contributed by atoms with Crippen molar-refractivity contribution in [2.75, 3.05) is 24.3 Å². The van der Waals surface area contributed by atoms with Gasteiger partial charge in [0.15, 0.2) is 0 Å². The fourth-order valence-electron chi connectivity index (χ4n) is 1.27. The summed E-state index contributed by atoms with van der Waals surface area (Å²) in [7, 11) is 3.85. The van der Waals surface area contributed by atoms with Gasteiger partial charge >= 0.3 is 0 Å². The number of hydrogen-bond donors (Lipinski definition) is 0. The van der Waals surface area contributed by atoms with Gasteiger partial charge in [-0.05, 0) is 24.1 Å². The van der Waals surface area contributed by atoms with E-state index in [9.17, 15) is 4.39 Å². The predicted octanol–water partition coefficient (Wildman–Crippen LogP) is 2.83. The smallest absolute Gasteiger partial charge is 0.125 e. The summed E-state index contributed by atoms with van der Waals surface area (Å²) in [5, 5.41) is 0.902. The molecule has 0 spiro atoms. The molecule has 0 unspecified atom stereocenters. The number of nitrogens with zero attached hydrogens (tertiary/aromatic N) is 1. The molecule has 0 aliphatic heterocycles. The molecule has 72 valence electrons. The quantitative estimate of drug-likeness (QED) is 0.741. The number of aryl methyl sites for hydroxylation is 1. The van der Waals surface area contributed by atoms with E-state index in [-0.39, 0.29) is 5.82 Å². The fourth-order valence-corrected chi connectivity index (χ4v) is 1.69. The van der Waals surface area contributed by atoms with Gasteiger partial charge in [-0.15, -0.1) is 0 Å². The first-order valence-electron chi connectivity index (χ1n) is 4.17. The topological polar surface area (TPSA) is 3.24 Å². The molecule has 0 fully saturated rings. The molecule has 0 aliphatic rings. The monoisotopic (exact) mass is 245 g/mol. The van der Waals surface area contributed by atoms with Crippen molar-refractivity contribution in [3.63, 3.8) is 0 Å². The lowest BCUT2D eigenvalue weighted by molar-refractivity contribution is 0.627. The molecule has 0 N–H and O–H groups in total. The third-order valence-corrected chi connectivity index (χ3v) is 2.29. The van der Waals surface area contributed by atoms with Gasteiger partial charge < -0.3 is 4.90 Å². The lowest BCUT2D eigenvalue weighted by Gasteiger charge is -2.16. The highest BCUT2D eigenvalue weighted by Gasteiger charge is 2.04. The number of rotatable bonds is 3. The van der Waals surface area contributed by atoms with E-state index in [0.717, 1.165) is 17.4 Å². The van der Waals surface area contributed by atoms with Crippen LogP contribution in [0.1, 0.15) is 5.56 Å². The number of benzene rings is 1. The Kier molecular flexibility index (Phi) is 3.72. The fraction of sp³-hybridized carbons (Fsp3) is 0.400. The van der Waals surface area contributed by atoms with Gasteiger partial charge in [-0.3, -0.25) is 0 Å². The number of anilines is 1. The number of alkyl halides is 1. The maximum absolute atomic E-state index is 12.9. The van der Waals surface area contributed by atoms with E-state index >= 15 is 0 Å². The first-order chi connectivity index (χ1) is 6.15. The van der Waals surface area contributed by atoms with E-state index in [1.54, 1.807) is 6.07 Å². The standard InChI is InChI=1S/C10H13BrFN/c1-13(2)10-7-9(12)4-3-8(10)5-6-11/h3-4,7H,5-6H2,1-2H3. The average molecular weight is 246 g/mol. The van der Waals surface area contributed by atoms with Crippen LogP contribution in [0, 0.1) is 5.82 Å². The summed E-state index contributed by atoms with van der Waals surface area (Å²) in [6, 6.07) is 4.91. The Morgan fingerprint density at radius 3 is 2.62 bits per heavy atom. The normalized spacial score (nSPS) is 10.2. The van der Waals surface area contributed by atoms with Gasteiger partial charge in [-0.25, -0.2) is 4.39 Å². The molecule has 0 radical (unpaired) electrons. The maximum atomic E-state index is 12.9. The highest BCUT2D eigenvalue weighted by molar-refractivity contribution is 9.09. The van der Waals surface area contributed by atoms with Gasteiger partial charge in [0.2, 0.25) is 0 Å². The highest BCUT2D eigenvalue weighted by atomic mass is 79.9. The molecular weight excluding hydrogens is 233 g/mol. The SMILES string of the molecule is CN(C)c1cc(F)ccc1CCBr. The van der Waals surface area contributed by atoms with E-state index in [1.165, 1.54) is 11.6 Å². The zero-order valence-corrected chi connectivity index (χ0v) is 9.44. The van der Waals surface area contributed by atoms with Gasteiger partial charge in [0, 0.05) is 25.1 Å². The molecule has 0 bridgehead atoms. The summed E-state index contributed by atoms with van der Waals surface area (Å²) in [6.45, 7) is 0. The largest absolute Gasteiger partial charge is 0.377 e.